The molecule has 0 bridgehead atoms. The summed E-state index contributed by atoms with van der Waals surface area (Å²) in [5, 5.41) is 7.70. The van der Waals surface area contributed by atoms with Crippen molar-refractivity contribution in [3.8, 4) is 11.4 Å². The lowest BCUT2D eigenvalue weighted by molar-refractivity contribution is 0.0948. The van der Waals surface area contributed by atoms with Gasteiger partial charge in [-0.15, -0.1) is 5.10 Å². The lowest BCUT2D eigenvalue weighted by Crippen LogP contribution is -2.15. The summed E-state index contributed by atoms with van der Waals surface area (Å²) in [7, 11) is 0. The number of carbonyl (C=O) groups excluding carboxylic acids is 1. The maximum Gasteiger partial charge on any atom is 0.282 e. The zero-order chi connectivity index (χ0) is 13.2. The van der Waals surface area contributed by atoms with Gasteiger partial charge in [-0.3, -0.25) is 9.78 Å². The van der Waals surface area contributed by atoms with Crippen LogP contribution >= 0.6 is 11.3 Å². The van der Waals surface area contributed by atoms with Gasteiger partial charge in [0.2, 0.25) is 5.95 Å². The molecule has 0 fully saturated rings. The number of nitrogen functional groups attached to an aromatic ring is 1. The van der Waals surface area contributed by atoms with Crippen LogP contribution in [0.15, 0.2) is 41.4 Å². The first-order chi connectivity index (χ1) is 9.25. The number of carbonyl (C=O) groups is 1. The van der Waals surface area contributed by atoms with Crippen LogP contribution in [0.4, 0.5) is 5.95 Å². The van der Waals surface area contributed by atoms with Crippen LogP contribution < -0.4 is 5.73 Å². The van der Waals surface area contributed by atoms with Gasteiger partial charge in [-0.1, -0.05) is 0 Å². The second-order valence-electron chi connectivity index (χ2n) is 3.76. The minimum absolute atomic E-state index is 0.0649. The standard InChI is InChI=1S/C12H9N5OS/c13-12-15-10(8-2-1-4-14-6-8)16-17(12)11(18)9-3-5-19-7-9/h1-7H,(H2,13,15,16). The van der Waals surface area contributed by atoms with Gasteiger partial charge in [0.25, 0.3) is 5.91 Å². The van der Waals surface area contributed by atoms with E-state index >= 15 is 0 Å². The van der Waals surface area contributed by atoms with E-state index in [0.29, 0.717) is 17.0 Å². The van der Waals surface area contributed by atoms with Gasteiger partial charge in [0, 0.05) is 23.3 Å². The molecule has 0 saturated carbocycles. The second kappa shape index (κ2) is 4.62. The zero-order valence-corrected chi connectivity index (χ0v) is 10.5. The van der Waals surface area contributed by atoms with Gasteiger partial charge < -0.3 is 5.73 Å². The van der Waals surface area contributed by atoms with Crippen molar-refractivity contribution in [1.82, 2.24) is 19.7 Å². The molecule has 0 saturated heterocycles. The van der Waals surface area contributed by atoms with Crippen molar-refractivity contribution in [1.29, 1.82) is 0 Å². The predicted octanol–water partition coefficient (Wildman–Crippen LogP) is 1.67. The molecule has 0 radical (unpaired) electrons. The van der Waals surface area contributed by atoms with E-state index in [0.717, 1.165) is 4.68 Å². The summed E-state index contributed by atoms with van der Waals surface area (Å²) in [5.41, 5.74) is 6.99. The third-order valence-electron chi connectivity index (χ3n) is 2.51. The highest BCUT2D eigenvalue weighted by Gasteiger charge is 2.16. The Morgan fingerprint density at radius 1 is 1.37 bits per heavy atom. The molecule has 0 aromatic carbocycles. The first kappa shape index (κ1) is 11.5. The highest BCUT2D eigenvalue weighted by atomic mass is 32.1. The van der Waals surface area contributed by atoms with E-state index in [1.165, 1.54) is 11.3 Å². The Bertz CT molecular complexity index is 705. The molecule has 0 aliphatic heterocycles. The lowest BCUT2D eigenvalue weighted by Gasteiger charge is -1.97. The fourth-order valence-corrected chi connectivity index (χ4v) is 2.23. The normalized spacial score (nSPS) is 10.5. The van der Waals surface area contributed by atoms with E-state index < -0.39 is 0 Å². The fraction of sp³-hybridized carbons (Fsp3) is 0. The Morgan fingerprint density at radius 2 is 2.26 bits per heavy atom. The number of aromatic nitrogens is 4. The van der Waals surface area contributed by atoms with Gasteiger partial charge in [-0.05, 0) is 23.6 Å². The van der Waals surface area contributed by atoms with Crippen molar-refractivity contribution in [2.24, 2.45) is 0 Å². The molecular weight excluding hydrogens is 262 g/mol. The van der Waals surface area contributed by atoms with Gasteiger partial charge in [0.15, 0.2) is 5.82 Å². The van der Waals surface area contributed by atoms with Crippen molar-refractivity contribution >= 4 is 23.2 Å². The number of rotatable bonds is 2. The summed E-state index contributed by atoms with van der Waals surface area (Å²) in [4.78, 5) is 20.2. The topological polar surface area (TPSA) is 86.7 Å². The summed E-state index contributed by atoms with van der Waals surface area (Å²) in [6.45, 7) is 0. The number of anilines is 1. The van der Waals surface area contributed by atoms with Crippen molar-refractivity contribution in [3.05, 3.63) is 46.9 Å². The molecule has 3 rings (SSSR count). The Kier molecular flexibility index (Phi) is 2.81. The van der Waals surface area contributed by atoms with Crippen LogP contribution in [0.25, 0.3) is 11.4 Å². The molecular formula is C12H9N5OS. The van der Waals surface area contributed by atoms with Crippen LogP contribution in [0.1, 0.15) is 10.4 Å². The summed E-state index contributed by atoms with van der Waals surface area (Å²) in [5.74, 6) is 0.158. The van der Waals surface area contributed by atoms with E-state index in [4.69, 9.17) is 5.73 Å². The highest BCUT2D eigenvalue weighted by Crippen LogP contribution is 2.16. The summed E-state index contributed by atoms with van der Waals surface area (Å²) in [6, 6.07) is 5.30. The number of hydrogen-bond acceptors (Lipinski definition) is 6. The van der Waals surface area contributed by atoms with E-state index in [9.17, 15) is 4.79 Å². The largest absolute Gasteiger partial charge is 0.368 e. The highest BCUT2D eigenvalue weighted by molar-refractivity contribution is 7.08. The second-order valence-corrected chi connectivity index (χ2v) is 4.54. The molecule has 0 aliphatic carbocycles. The van der Waals surface area contributed by atoms with Crippen molar-refractivity contribution in [3.63, 3.8) is 0 Å². The van der Waals surface area contributed by atoms with E-state index in [-0.39, 0.29) is 11.9 Å². The average molecular weight is 271 g/mol. The summed E-state index contributed by atoms with van der Waals surface area (Å²) < 4.78 is 1.10. The van der Waals surface area contributed by atoms with Crippen molar-refractivity contribution < 1.29 is 4.79 Å². The molecule has 6 nitrogen and oxygen atoms in total. The average Bonchev–Trinajstić information content (AvgIpc) is 3.08. The monoisotopic (exact) mass is 271 g/mol. The van der Waals surface area contributed by atoms with Crippen LogP contribution in [-0.4, -0.2) is 25.7 Å². The first-order valence-electron chi connectivity index (χ1n) is 5.45. The number of thiophene rings is 1. The van der Waals surface area contributed by atoms with Gasteiger partial charge in [-0.25, -0.2) is 0 Å². The first-order valence-corrected chi connectivity index (χ1v) is 6.40. The summed E-state index contributed by atoms with van der Waals surface area (Å²) in [6.07, 6.45) is 3.27. The Hall–Kier alpha value is -2.54. The fourth-order valence-electron chi connectivity index (χ4n) is 1.60. The molecule has 0 amide bonds. The van der Waals surface area contributed by atoms with Crippen LogP contribution in [0, 0.1) is 0 Å². The summed E-state index contributed by atoms with van der Waals surface area (Å²) >= 11 is 1.44. The van der Waals surface area contributed by atoms with Crippen LogP contribution in [0.2, 0.25) is 0 Å². The quantitative estimate of drug-likeness (QED) is 0.766. The minimum Gasteiger partial charge on any atom is -0.368 e. The van der Waals surface area contributed by atoms with E-state index in [1.54, 1.807) is 36.0 Å². The Balaban J connectivity index is 2.01. The SMILES string of the molecule is Nc1nc(-c2cccnc2)nn1C(=O)c1ccsc1. The van der Waals surface area contributed by atoms with Gasteiger partial charge in [0.05, 0.1) is 5.56 Å². The van der Waals surface area contributed by atoms with E-state index in [1.807, 2.05) is 5.38 Å². The van der Waals surface area contributed by atoms with Gasteiger partial charge >= 0.3 is 0 Å². The molecule has 3 aromatic heterocycles. The number of nitrogens with zero attached hydrogens (tertiary/aromatic N) is 4. The maximum atomic E-state index is 12.1. The van der Waals surface area contributed by atoms with Crippen LogP contribution in [0.5, 0.6) is 0 Å². The Morgan fingerprint density at radius 3 is 2.95 bits per heavy atom. The third-order valence-corrected chi connectivity index (χ3v) is 3.20. The molecule has 2 N–H and O–H groups in total. The maximum absolute atomic E-state index is 12.1. The molecule has 0 aliphatic rings. The molecule has 19 heavy (non-hydrogen) atoms. The molecule has 0 unspecified atom stereocenters. The molecule has 3 heterocycles. The Labute approximate surface area is 112 Å². The lowest BCUT2D eigenvalue weighted by atomic mass is 10.3. The zero-order valence-electron chi connectivity index (χ0n) is 9.72. The number of hydrogen-bond donors (Lipinski definition) is 1. The number of pyridine rings is 1. The molecule has 94 valence electrons. The van der Waals surface area contributed by atoms with Crippen LogP contribution in [-0.2, 0) is 0 Å². The van der Waals surface area contributed by atoms with Gasteiger partial charge in [0.1, 0.15) is 0 Å². The van der Waals surface area contributed by atoms with Crippen molar-refractivity contribution in [2.45, 2.75) is 0 Å². The van der Waals surface area contributed by atoms with Crippen molar-refractivity contribution in [2.75, 3.05) is 5.73 Å². The van der Waals surface area contributed by atoms with Crippen LogP contribution in [0.3, 0.4) is 0 Å². The molecule has 0 atom stereocenters. The minimum atomic E-state index is -0.290. The molecule has 7 heteroatoms. The van der Waals surface area contributed by atoms with E-state index in [2.05, 4.69) is 15.1 Å². The predicted molar refractivity (Wildman–Crippen MR) is 71.7 cm³/mol. The molecule has 3 aromatic rings. The number of nitrogens with two attached hydrogens (primary N) is 1. The third kappa shape index (κ3) is 2.11. The molecule has 0 spiro atoms. The smallest absolute Gasteiger partial charge is 0.282 e. The van der Waals surface area contributed by atoms with Gasteiger partial charge in [-0.2, -0.15) is 21.0 Å².